The van der Waals surface area contributed by atoms with Crippen LogP contribution in [0.5, 0.6) is 0 Å². The molecule has 0 bridgehead atoms. The Kier molecular flexibility index (Phi) is 8.22. The van der Waals surface area contributed by atoms with Gasteiger partial charge in [-0.1, -0.05) is 32.0 Å². The molecule has 0 atom stereocenters. The second-order valence-corrected chi connectivity index (χ2v) is 12.0. The highest BCUT2D eigenvalue weighted by atomic mass is 32.2. The number of sulfonamides is 2. The van der Waals surface area contributed by atoms with Gasteiger partial charge < -0.3 is 5.32 Å². The molecule has 0 aliphatic rings. The quantitative estimate of drug-likeness (QED) is 0.417. The Morgan fingerprint density at radius 2 is 1.47 bits per heavy atom. The molecule has 10 heteroatoms. The molecule has 0 radical (unpaired) electrons. The van der Waals surface area contributed by atoms with Crippen LogP contribution in [-0.2, 0) is 20.0 Å². The molecule has 0 aliphatic carbocycles. The van der Waals surface area contributed by atoms with Crippen molar-refractivity contribution in [2.24, 2.45) is 0 Å². The normalized spacial score (nSPS) is 11.9. The predicted octanol–water partition coefficient (Wildman–Crippen LogP) is 4.70. The van der Waals surface area contributed by atoms with E-state index in [0.29, 0.717) is 30.0 Å². The van der Waals surface area contributed by atoms with E-state index in [4.69, 9.17) is 0 Å². The molecule has 8 nitrogen and oxygen atoms in total. The van der Waals surface area contributed by atoms with Crippen molar-refractivity contribution in [3.05, 3.63) is 82.9 Å². The number of nitrogens with zero attached hydrogens (tertiary/aromatic N) is 1. The van der Waals surface area contributed by atoms with Gasteiger partial charge in [0.2, 0.25) is 10.0 Å². The van der Waals surface area contributed by atoms with Gasteiger partial charge in [0, 0.05) is 24.3 Å². The minimum absolute atomic E-state index is 0.00304. The number of amides is 1. The second-order valence-electron chi connectivity index (χ2n) is 8.40. The molecule has 2 N–H and O–H groups in total. The minimum atomic E-state index is -3.95. The number of carbonyl (C=O) groups is 1. The summed E-state index contributed by atoms with van der Waals surface area (Å²) in [6.07, 6.45) is 0. The lowest BCUT2D eigenvalue weighted by molar-refractivity contribution is 0.102. The molecule has 36 heavy (non-hydrogen) atoms. The molecule has 192 valence electrons. The summed E-state index contributed by atoms with van der Waals surface area (Å²) >= 11 is 0. The van der Waals surface area contributed by atoms with E-state index in [1.807, 2.05) is 19.9 Å². The van der Waals surface area contributed by atoms with E-state index in [2.05, 4.69) is 10.0 Å². The van der Waals surface area contributed by atoms with Crippen LogP contribution in [0.3, 0.4) is 0 Å². The molecule has 0 unspecified atom stereocenters. The Labute approximate surface area is 213 Å². The number of aryl methyl sites for hydroxylation is 2. The number of hydrogen-bond donors (Lipinski definition) is 2. The lowest BCUT2D eigenvalue weighted by atomic mass is 10.1. The van der Waals surface area contributed by atoms with E-state index >= 15 is 0 Å². The molecule has 0 spiro atoms. The van der Waals surface area contributed by atoms with Crippen LogP contribution in [0.2, 0.25) is 0 Å². The van der Waals surface area contributed by atoms with Gasteiger partial charge in [0.25, 0.3) is 15.9 Å². The summed E-state index contributed by atoms with van der Waals surface area (Å²) in [5.41, 5.74) is 3.29. The van der Waals surface area contributed by atoms with Crippen LogP contribution in [0.4, 0.5) is 11.4 Å². The van der Waals surface area contributed by atoms with E-state index < -0.39 is 26.0 Å². The Morgan fingerprint density at radius 1 is 0.833 bits per heavy atom. The fraction of sp³-hybridized carbons (Fsp3) is 0.269. The molecule has 0 heterocycles. The van der Waals surface area contributed by atoms with Crippen LogP contribution in [0.15, 0.2) is 70.5 Å². The van der Waals surface area contributed by atoms with Gasteiger partial charge >= 0.3 is 0 Å². The van der Waals surface area contributed by atoms with Crippen molar-refractivity contribution in [1.29, 1.82) is 0 Å². The first-order valence-corrected chi connectivity index (χ1v) is 14.4. The zero-order valence-corrected chi connectivity index (χ0v) is 22.6. The summed E-state index contributed by atoms with van der Waals surface area (Å²) in [5.74, 6) is -0.516. The number of anilines is 2. The molecule has 0 aliphatic heterocycles. The summed E-state index contributed by atoms with van der Waals surface area (Å²) in [6, 6.07) is 15.7. The molecule has 0 saturated carbocycles. The van der Waals surface area contributed by atoms with E-state index in [0.717, 1.165) is 11.1 Å². The van der Waals surface area contributed by atoms with Crippen molar-refractivity contribution in [3.8, 4) is 0 Å². The Balaban J connectivity index is 1.83. The molecule has 0 saturated heterocycles. The lowest BCUT2D eigenvalue weighted by Gasteiger charge is -2.18. The number of nitrogens with one attached hydrogen (secondary N) is 2. The number of rotatable bonds is 9. The highest BCUT2D eigenvalue weighted by Gasteiger charge is 2.22. The van der Waals surface area contributed by atoms with E-state index in [1.54, 1.807) is 45.0 Å². The fourth-order valence-corrected chi connectivity index (χ4v) is 6.57. The topological polar surface area (TPSA) is 113 Å². The third kappa shape index (κ3) is 5.77. The summed E-state index contributed by atoms with van der Waals surface area (Å²) in [6.45, 7) is 9.64. The van der Waals surface area contributed by atoms with Gasteiger partial charge in [0.15, 0.2) is 0 Å². The lowest BCUT2D eigenvalue weighted by Crippen LogP contribution is -2.30. The molecule has 3 rings (SSSR count). The molecular weight excluding hydrogens is 498 g/mol. The average Bonchev–Trinajstić information content (AvgIpc) is 2.83. The molecule has 0 aromatic heterocycles. The zero-order chi connectivity index (χ0) is 26.7. The van der Waals surface area contributed by atoms with E-state index in [-0.39, 0.29) is 15.4 Å². The standard InChI is InChI=1S/C26H31N3O5S2/c1-6-29(7-2)36(33,34)23-15-13-22(14-16-23)27-26(30)21-12-11-19(4)25(17-21)35(31,32)28-24-10-8-9-18(3)20(24)5/h8-17,28H,6-7H2,1-5H3,(H,27,30). The van der Waals surface area contributed by atoms with Gasteiger partial charge in [-0.25, -0.2) is 16.8 Å². The van der Waals surface area contributed by atoms with E-state index in [9.17, 15) is 21.6 Å². The Hall–Kier alpha value is -3.21. The van der Waals surface area contributed by atoms with Gasteiger partial charge in [0.1, 0.15) is 0 Å². The van der Waals surface area contributed by atoms with Gasteiger partial charge in [-0.2, -0.15) is 4.31 Å². The minimum Gasteiger partial charge on any atom is -0.322 e. The zero-order valence-electron chi connectivity index (χ0n) is 21.0. The van der Waals surface area contributed by atoms with Gasteiger partial charge in [0.05, 0.1) is 15.5 Å². The smallest absolute Gasteiger partial charge is 0.262 e. The maximum absolute atomic E-state index is 13.2. The van der Waals surface area contributed by atoms with Crippen molar-refractivity contribution < 1.29 is 21.6 Å². The predicted molar refractivity (Wildman–Crippen MR) is 142 cm³/mol. The first-order valence-electron chi connectivity index (χ1n) is 11.5. The first kappa shape index (κ1) is 27.4. The van der Waals surface area contributed by atoms with Gasteiger partial charge in [-0.05, 0) is 79.9 Å². The third-order valence-corrected chi connectivity index (χ3v) is 9.62. The Morgan fingerprint density at radius 3 is 2.08 bits per heavy atom. The maximum Gasteiger partial charge on any atom is 0.262 e. The SMILES string of the molecule is CCN(CC)S(=O)(=O)c1ccc(NC(=O)c2ccc(C)c(S(=O)(=O)Nc3cccc(C)c3C)c2)cc1. The van der Waals surface area contributed by atoms with Gasteiger partial charge in [-0.15, -0.1) is 0 Å². The average molecular weight is 530 g/mol. The van der Waals surface area contributed by atoms with Crippen molar-refractivity contribution in [2.45, 2.75) is 44.4 Å². The summed E-state index contributed by atoms with van der Waals surface area (Å²) in [7, 11) is -7.56. The van der Waals surface area contributed by atoms with Crippen LogP contribution >= 0.6 is 0 Å². The number of carbonyl (C=O) groups excluding carboxylic acids is 1. The third-order valence-electron chi connectivity index (χ3n) is 6.04. The molecule has 3 aromatic rings. The maximum atomic E-state index is 13.2. The molecule has 0 fully saturated rings. The van der Waals surface area contributed by atoms with Crippen molar-refractivity contribution >= 4 is 37.3 Å². The molecular formula is C26H31N3O5S2. The highest BCUT2D eigenvalue weighted by molar-refractivity contribution is 7.92. The summed E-state index contributed by atoms with van der Waals surface area (Å²) in [5, 5.41) is 2.70. The second kappa shape index (κ2) is 10.8. The van der Waals surface area contributed by atoms with Crippen LogP contribution in [0.1, 0.15) is 40.9 Å². The monoisotopic (exact) mass is 529 g/mol. The fourth-order valence-electron chi connectivity index (χ4n) is 3.72. The largest absolute Gasteiger partial charge is 0.322 e. The van der Waals surface area contributed by atoms with Crippen molar-refractivity contribution in [3.63, 3.8) is 0 Å². The van der Waals surface area contributed by atoms with Crippen molar-refractivity contribution in [1.82, 2.24) is 4.31 Å². The van der Waals surface area contributed by atoms with Gasteiger partial charge in [-0.3, -0.25) is 9.52 Å². The van der Waals surface area contributed by atoms with Crippen molar-refractivity contribution in [2.75, 3.05) is 23.1 Å². The molecule has 3 aromatic carbocycles. The number of benzene rings is 3. The highest BCUT2D eigenvalue weighted by Crippen LogP contribution is 2.25. The van der Waals surface area contributed by atoms with Crippen LogP contribution in [-0.4, -0.2) is 40.1 Å². The Bertz CT molecular complexity index is 1480. The summed E-state index contributed by atoms with van der Waals surface area (Å²) in [4.78, 5) is 13.0. The van der Waals surface area contributed by atoms with Crippen LogP contribution in [0.25, 0.3) is 0 Å². The van der Waals surface area contributed by atoms with Crippen LogP contribution in [0, 0.1) is 20.8 Å². The summed E-state index contributed by atoms with van der Waals surface area (Å²) < 4.78 is 55.6. The van der Waals surface area contributed by atoms with Crippen LogP contribution < -0.4 is 10.0 Å². The first-order chi connectivity index (χ1) is 16.9. The number of hydrogen-bond acceptors (Lipinski definition) is 5. The molecule has 1 amide bonds. The van der Waals surface area contributed by atoms with E-state index in [1.165, 1.54) is 34.6 Å².